The molecule has 2 saturated heterocycles. The molecule has 0 amide bonds. The Morgan fingerprint density at radius 2 is 1.14 bits per heavy atom. The van der Waals surface area contributed by atoms with Gasteiger partial charge in [-0.2, -0.15) is 0 Å². The fraction of sp³-hybridized carbons (Fsp3) is 1.00. The number of rotatable bonds is 1. The Hall–Kier alpha value is 0.860. The quantitative estimate of drug-likeness (QED) is 0.589. The standard InChI is InChI=1S/C12H24P2/c1-13-9-5-3-7-11(13)12-8-4-6-10-14(12)2/h11-12H,3-10H2,1-2H3/t11-,12-,13-,14-/m1/s1. The van der Waals surface area contributed by atoms with Crippen LogP contribution in [0.2, 0.25) is 0 Å². The van der Waals surface area contributed by atoms with Crippen LogP contribution in [-0.2, 0) is 0 Å². The van der Waals surface area contributed by atoms with E-state index in [2.05, 4.69) is 13.3 Å². The van der Waals surface area contributed by atoms with Gasteiger partial charge in [0.1, 0.15) is 0 Å². The van der Waals surface area contributed by atoms with Crippen LogP contribution >= 0.6 is 15.8 Å². The van der Waals surface area contributed by atoms with Gasteiger partial charge in [0.2, 0.25) is 0 Å². The molecule has 82 valence electrons. The van der Waals surface area contributed by atoms with Gasteiger partial charge in [0.05, 0.1) is 0 Å². The summed E-state index contributed by atoms with van der Waals surface area (Å²) in [5.74, 6) is 0. The Balaban J connectivity index is 1.96. The van der Waals surface area contributed by atoms with Gasteiger partial charge in [-0.05, 0) is 62.7 Å². The van der Waals surface area contributed by atoms with Gasteiger partial charge in [-0.1, -0.05) is 12.8 Å². The summed E-state index contributed by atoms with van der Waals surface area (Å²) < 4.78 is 0. The molecule has 4 atom stereocenters. The third-order valence-electron chi connectivity index (χ3n) is 4.10. The van der Waals surface area contributed by atoms with Gasteiger partial charge in [-0.25, -0.2) is 0 Å². The summed E-state index contributed by atoms with van der Waals surface area (Å²) >= 11 is 0. The average Bonchev–Trinajstić information content (AvgIpc) is 2.20. The predicted octanol–water partition coefficient (Wildman–Crippen LogP) is 4.31. The second-order valence-corrected chi connectivity index (χ2v) is 10.3. The summed E-state index contributed by atoms with van der Waals surface area (Å²) in [4.78, 5) is 0. The maximum atomic E-state index is 2.58. The van der Waals surface area contributed by atoms with E-state index in [1.54, 1.807) is 25.2 Å². The molecule has 0 unspecified atom stereocenters. The lowest BCUT2D eigenvalue weighted by atomic mass is 10.1. The first-order chi connectivity index (χ1) is 6.79. The minimum Gasteiger partial charge on any atom is -0.106 e. The first-order valence-electron chi connectivity index (χ1n) is 6.19. The largest absolute Gasteiger partial charge is 0.106 e. The van der Waals surface area contributed by atoms with E-state index < -0.39 is 0 Å². The zero-order valence-electron chi connectivity index (χ0n) is 9.71. The van der Waals surface area contributed by atoms with Crippen LogP contribution in [0.5, 0.6) is 0 Å². The van der Waals surface area contributed by atoms with Crippen molar-refractivity contribution >= 4 is 15.8 Å². The molecule has 0 N–H and O–H groups in total. The van der Waals surface area contributed by atoms with E-state index in [1.165, 1.54) is 37.0 Å². The van der Waals surface area contributed by atoms with Crippen LogP contribution in [0.15, 0.2) is 0 Å². The first kappa shape index (κ1) is 11.3. The Morgan fingerprint density at radius 3 is 1.50 bits per heavy atom. The van der Waals surface area contributed by atoms with Crippen molar-refractivity contribution in [3.8, 4) is 0 Å². The topological polar surface area (TPSA) is 0 Å². The van der Waals surface area contributed by atoms with E-state index in [0.717, 1.165) is 0 Å². The molecule has 14 heavy (non-hydrogen) atoms. The van der Waals surface area contributed by atoms with Crippen molar-refractivity contribution in [2.24, 2.45) is 0 Å². The van der Waals surface area contributed by atoms with Gasteiger partial charge in [0, 0.05) is 0 Å². The molecule has 0 radical (unpaired) electrons. The van der Waals surface area contributed by atoms with Crippen molar-refractivity contribution in [3.05, 3.63) is 0 Å². The van der Waals surface area contributed by atoms with Gasteiger partial charge >= 0.3 is 0 Å². The van der Waals surface area contributed by atoms with Crippen LogP contribution in [-0.4, -0.2) is 37.0 Å². The van der Waals surface area contributed by atoms with Crippen LogP contribution in [0.3, 0.4) is 0 Å². The summed E-state index contributed by atoms with van der Waals surface area (Å²) in [6, 6.07) is 0. The highest BCUT2D eigenvalue weighted by atomic mass is 31.1. The van der Waals surface area contributed by atoms with E-state index in [-0.39, 0.29) is 0 Å². The maximum Gasteiger partial charge on any atom is -0.0144 e. The van der Waals surface area contributed by atoms with E-state index >= 15 is 0 Å². The lowest BCUT2D eigenvalue weighted by molar-refractivity contribution is 0.569. The van der Waals surface area contributed by atoms with E-state index in [1.807, 2.05) is 0 Å². The van der Waals surface area contributed by atoms with Crippen LogP contribution < -0.4 is 0 Å². The Morgan fingerprint density at radius 1 is 0.714 bits per heavy atom. The highest BCUT2D eigenvalue weighted by molar-refractivity contribution is 7.62. The molecule has 0 bridgehead atoms. The van der Waals surface area contributed by atoms with Gasteiger partial charge < -0.3 is 0 Å². The van der Waals surface area contributed by atoms with E-state index in [9.17, 15) is 0 Å². The van der Waals surface area contributed by atoms with Crippen molar-refractivity contribution < 1.29 is 0 Å². The van der Waals surface area contributed by atoms with Crippen molar-refractivity contribution in [3.63, 3.8) is 0 Å². The second kappa shape index (κ2) is 5.27. The SMILES string of the molecule is C[P@]1CCCC[C@@H]1[C@H]1CCCC[P@@]1C. The molecule has 2 rings (SSSR count). The third kappa shape index (κ3) is 2.51. The van der Waals surface area contributed by atoms with Crippen molar-refractivity contribution in [2.45, 2.75) is 49.8 Å². The van der Waals surface area contributed by atoms with E-state index in [0.29, 0.717) is 15.8 Å². The van der Waals surface area contributed by atoms with Crippen LogP contribution in [0.25, 0.3) is 0 Å². The Labute approximate surface area is 91.7 Å². The molecule has 0 aromatic carbocycles. The zero-order chi connectivity index (χ0) is 9.97. The second-order valence-electron chi connectivity index (χ2n) is 5.09. The van der Waals surface area contributed by atoms with Gasteiger partial charge in [-0.3, -0.25) is 0 Å². The minimum absolute atomic E-state index is 0.412. The monoisotopic (exact) mass is 230 g/mol. The molecule has 0 aromatic rings. The minimum atomic E-state index is 0.412. The summed E-state index contributed by atoms with van der Waals surface area (Å²) in [6.45, 7) is 5.16. The number of hydrogen-bond acceptors (Lipinski definition) is 0. The molecule has 2 fully saturated rings. The summed E-state index contributed by atoms with van der Waals surface area (Å²) in [7, 11) is 0.823. The molecule has 2 heterocycles. The zero-order valence-corrected chi connectivity index (χ0v) is 11.5. The first-order valence-corrected chi connectivity index (χ1v) is 10.3. The van der Waals surface area contributed by atoms with Gasteiger partial charge in [0.25, 0.3) is 0 Å². The molecule has 0 saturated carbocycles. The third-order valence-corrected chi connectivity index (χ3v) is 9.88. The fourth-order valence-corrected chi connectivity index (χ4v) is 9.37. The smallest absolute Gasteiger partial charge is 0.0144 e. The molecular formula is C12H24P2. The lowest BCUT2D eigenvalue weighted by Crippen LogP contribution is -2.29. The van der Waals surface area contributed by atoms with Gasteiger partial charge in [-0.15, -0.1) is 15.8 Å². The molecule has 2 aliphatic heterocycles. The lowest BCUT2D eigenvalue weighted by Gasteiger charge is -2.41. The molecule has 0 nitrogen and oxygen atoms in total. The summed E-state index contributed by atoms with van der Waals surface area (Å²) in [5, 5.41) is 0. The van der Waals surface area contributed by atoms with Crippen molar-refractivity contribution in [2.75, 3.05) is 25.7 Å². The van der Waals surface area contributed by atoms with Crippen LogP contribution in [0.1, 0.15) is 38.5 Å². The highest BCUT2D eigenvalue weighted by Crippen LogP contribution is 2.57. The predicted molar refractivity (Wildman–Crippen MR) is 70.7 cm³/mol. The van der Waals surface area contributed by atoms with Crippen LogP contribution in [0, 0.1) is 0 Å². The number of hydrogen-bond donors (Lipinski definition) is 0. The molecular weight excluding hydrogens is 206 g/mol. The summed E-state index contributed by atoms with van der Waals surface area (Å²) in [5.41, 5.74) is 2.35. The molecule has 0 aliphatic carbocycles. The maximum absolute atomic E-state index is 2.58. The molecule has 2 heteroatoms. The molecule has 0 aromatic heterocycles. The van der Waals surface area contributed by atoms with Crippen LogP contribution in [0.4, 0.5) is 0 Å². The summed E-state index contributed by atoms with van der Waals surface area (Å²) in [6.07, 6.45) is 12.5. The van der Waals surface area contributed by atoms with Crippen molar-refractivity contribution in [1.82, 2.24) is 0 Å². The fourth-order valence-electron chi connectivity index (χ4n) is 3.17. The average molecular weight is 230 g/mol. The van der Waals surface area contributed by atoms with Gasteiger partial charge in [0.15, 0.2) is 0 Å². The Bertz CT molecular complexity index is 161. The molecule has 0 spiro atoms. The van der Waals surface area contributed by atoms with Crippen molar-refractivity contribution in [1.29, 1.82) is 0 Å². The normalized spacial score (nSPS) is 45.0. The molecule has 2 aliphatic rings. The van der Waals surface area contributed by atoms with E-state index in [4.69, 9.17) is 0 Å². The Kier molecular flexibility index (Phi) is 4.27. The highest BCUT2D eigenvalue weighted by Gasteiger charge is 2.33.